The second-order valence-electron chi connectivity index (χ2n) is 7.49. The van der Waals surface area contributed by atoms with Crippen molar-refractivity contribution >= 4 is 44.7 Å². The zero-order chi connectivity index (χ0) is 23.4. The van der Waals surface area contributed by atoms with Gasteiger partial charge in [0.25, 0.3) is 5.91 Å². The minimum atomic E-state index is -3.84. The molecule has 1 aliphatic heterocycles. The summed E-state index contributed by atoms with van der Waals surface area (Å²) in [6, 6.07) is 15.6. The van der Waals surface area contributed by atoms with Gasteiger partial charge in [0, 0.05) is 31.0 Å². The maximum atomic E-state index is 13.4. The fourth-order valence-electron chi connectivity index (χ4n) is 3.68. The SMILES string of the molecule is CCNC(=O)Nc1cccc(NC(=O)c2sccc2S(=O)(=O)N2CCc3ccccc3C2)c1. The van der Waals surface area contributed by atoms with Gasteiger partial charge in [-0.1, -0.05) is 30.3 Å². The predicted molar refractivity (Wildman–Crippen MR) is 129 cm³/mol. The van der Waals surface area contributed by atoms with Gasteiger partial charge < -0.3 is 16.0 Å². The number of nitrogens with one attached hydrogen (secondary N) is 3. The quantitative estimate of drug-likeness (QED) is 0.493. The number of amides is 3. The number of carbonyl (C=O) groups is 2. The van der Waals surface area contributed by atoms with Crippen LogP contribution in [0.25, 0.3) is 0 Å². The Hall–Kier alpha value is -3.21. The number of thiophene rings is 1. The molecule has 172 valence electrons. The lowest BCUT2D eigenvalue weighted by molar-refractivity contribution is 0.102. The Balaban J connectivity index is 1.52. The second kappa shape index (κ2) is 9.74. The molecule has 8 nitrogen and oxygen atoms in total. The van der Waals surface area contributed by atoms with E-state index in [1.54, 1.807) is 29.6 Å². The molecule has 2 aromatic carbocycles. The van der Waals surface area contributed by atoms with Gasteiger partial charge in [-0.3, -0.25) is 4.79 Å². The van der Waals surface area contributed by atoms with E-state index in [2.05, 4.69) is 16.0 Å². The number of hydrogen-bond acceptors (Lipinski definition) is 5. The smallest absolute Gasteiger partial charge is 0.319 e. The van der Waals surface area contributed by atoms with Crippen molar-refractivity contribution in [2.24, 2.45) is 0 Å². The van der Waals surface area contributed by atoms with Crippen LogP contribution in [-0.4, -0.2) is 37.8 Å². The summed E-state index contributed by atoms with van der Waals surface area (Å²) in [5.74, 6) is -0.517. The van der Waals surface area contributed by atoms with E-state index in [1.807, 2.05) is 31.2 Å². The zero-order valence-corrected chi connectivity index (χ0v) is 19.6. The van der Waals surface area contributed by atoms with Crippen LogP contribution in [0.1, 0.15) is 27.7 Å². The molecule has 0 unspecified atom stereocenters. The molecule has 3 amide bonds. The summed E-state index contributed by atoms with van der Waals surface area (Å²) in [7, 11) is -3.84. The van der Waals surface area contributed by atoms with Gasteiger partial charge in [-0.05, 0) is 54.1 Å². The van der Waals surface area contributed by atoms with Crippen LogP contribution < -0.4 is 16.0 Å². The second-order valence-corrected chi connectivity index (χ2v) is 10.3. The highest BCUT2D eigenvalue weighted by molar-refractivity contribution is 7.89. The third-order valence-electron chi connectivity index (χ3n) is 5.26. The molecule has 0 bridgehead atoms. The normalized spacial score (nSPS) is 13.7. The molecule has 4 rings (SSSR count). The van der Waals surface area contributed by atoms with Gasteiger partial charge in [-0.25, -0.2) is 13.2 Å². The molecule has 0 saturated heterocycles. The Morgan fingerprint density at radius 2 is 1.73 bits per heavy atom. The molecule has 2 heterocycles. The maximum absolute atomic E-state index is 13.4. The monoisotopic (exact) mass is 484 g/mol. The first-order valence-corrected chi connectivity index (χ1v) is 12.8. The van der Waals surface area contributed by atoms with E-state index in [9.17, 15) is 18.0 Å². The highest BCUT2D eigenvalue weighted by atomic mass is 32.2. The standard InChI is InChI=1S/C23H24N4O4S2/c1-2-24-23(29)26-19-9-5-8-18(14-19)25-22(28)21-20(11-13-32-21)33(30,31)27-12-10-16-6-3-4-7-17(16)15-27/h3-9,11,13-14H,2,10,12,15H2,1H3,(H,25,28)(H2,24,26,29). The van der Waals surface area contributed by atoms with Gasteiger partial charge in [0.15, 0.2) is 0 Å². The molecule has 0 fully saturated rings. The maximum Gasteiger partial charge on any atom is 0.319 e. The number of anilines is 2. The van der Waals surface area contributed by atoms with E-state index < -0.39 is 15.9 Å². The van der Waals surface area contributed by atoms with E-state index in [1.165, 1.54) is 10.4 Å². The van der Waals surface area contributed by atoms with Crippen molar-refractivity contribution < 1.29 is 18.0 Å². The molecule has 0 spiro atoms. The third kappa shape index (κ3) is 5.08. The van der Waals surface area contributed by atoms with Gasteiger partial charge in [0.2, 0.25) is 10.0 Å². The molecule has 33 heavy (non-hydrogen) atoms. The zero-order valence-electron chi connectivity index (χ0n) is 18.0. The summed E-state index contributed by atoms with van der Waals surface area (Å²) in [5, 5.41) is 9.65. The summed E-state index contributed by atoms with van der Waals surface area (Å²) in [6.07, 6.45) is 0.631. The highest BCUT2D eigenvalue weighted by Gasteiger charge is 2.32. The number of hydrogen-bond donors (Lipinski definition) is 3. The van der Waals surface area contributed by atoms with Gasteiger partial charge >= 0.3 is 6.03 Å². The van der Waals surface area contributed by atoms with Gasteiger partial charge in [0.1, 0.15) is 9.77 Å². The minimum absolute atomic E-state index is 0.000911. The molecular weight excluding hydrogens is 460 g/mol. The van der Waals surface area contributed by atoms with Crippen LogP contribution in [0.5, 0.6) is 0 Å². The minimum Gasteiger partial charge on any atom is -0.338 e. The summed E-state index contributed by atoms with van der Waals surface area (Å²) in [4.78, 5) is 24.8. The lowest BCUT2D eigenvalue weighted by Crippen LogP contribution is -2.36. The highest BCUT2D eigenvalue weighted by Crippen LogP contribution is 2.30. The number of nitrogens with zero attached hydrogens (tertiary/aromatic N) is 1. The van der Waals surface area contributed by atoms with Crippen LogP contribution in [-0.2, 0) is 23.0 Å². The van der Waals surface area contributed by atoms with Gasteiger partial charge in [0.05, 0.1) is 0 Å². The van der Waals surface area contributed by atoms with Crippen molar-refractivity contribution in [2.45, 2.75) is 24.8 Å². The summed E-state index contributed by atoms with van der Waals surface area (Å²) in [5.41, 5.74) is 3.07. The third-order valence-corrected chi connectivity index (χ3v) is 8.19. The van der Waals surface area contributed by atoms with Crippen molar-refractivity contribution in [3.63, 3.8) is 0 Å². The fraction of sp³-hybridized carbons (Fsp3) is 0.217. The summed E-state index contributed by atoms with van der Waals surface area (Å²) in [6.45, 7) is 2.94. The molecule has 0 aliphatic carbocycles. The van der Waals surface area contributed by atoms with Gasteiger partial charge in [-0.2, -0.15) is 4.31 Å². The topological polar surface area (TPSA) is 108 Å². The first-order chi connectivity index (χ1) is 15.9. The number of fused-ring (bicyclic) bond motifs is 1. The Bertz CT molecular complexity index is 1290. The van der Waals surface area contributed by atoms with Gasteiger partial charge in [-0.15, -0.1) is 11.3 Å². The van der Waals surface area contributed by atoms with E-state index in [0.29, 0.717) is 30.9 Å². The Kier molecular flexibility index (Phi) is 6.77. The lowest BCUT2D eigenvalue weighted by atomic mass is 10.0. The largest absolute Gasteiger partial charge is 0.338 e. The molecule has 0 saturated carbocycles. The first-order valence-electron chi connectivity index (χ1n) is 10.5. The number of urea groups is 1. The number of rotatable bonds is 6. The van der Waals surface area contributed by atoms with Crippen molar-refractivity contribution in [2.75, 3.05) is 23.7 Å². The van der Waals surface area contributed by atoms with Crippen LogP contribution >= 0.6 is 11.3 Å². The molecule has 3 N–H and O–H groups in total. The Morgan fingerprint density at radius 1 is 1.00 bits per heavy atom. The van der Waals surface area contributed by atoms with E-state index in [4.69, 9.17) is 0 Å². The Morgan fingerprint density at radius 3 is 2.48 bits per heavy atom. The van der Waals surface area contributed by atoms with Crippen LogP contribution in [0.2, 0.25) is 0 Å². The van der Waals surface area contributed by atoms with E-state index in [0.717, 1.165) is 22.5 Å². The van der Waals surface area contributed by atoms with Crippen molar-refractivity contribution in [3.8, 4) is 0 Å². The predicted octanol–water partition coefficient (Wildman–Crippen LogP) is 3.89. The number of benzene rings is 2. The molecular formula is C23H24N4O4S2. The number of carbonyl (C=O) groups excluding carboxylic acids is 2. The van der Waals surface area contributed by atoms with Crippen LogP contribution in [0.4, 0.5) is 16.2 Å². The summed E-state index contributed by atoms with van der Waals surface area (Å²) >= 11 is 1.08. The Labute approximate surface area is 196 Å². The molecule has 1 aliphatic rings. The molecule has 1 aromatic heterocycles. The van der Waals surface area contributed by atoms with Crippen LogP contribution in [0.15, 0.2) is 64.9 Å². The molecule has 10 heteroatoms. The summed E-state index contributed by atoms with van der Waals surface area (Å²) < 4.78 is 28.2. The van der Waals surface area contributed by atoms with E-state index in [-0.39, 0.29) is 22.3 Å². The van der Waals surface area contributed by atoms with Crippen molar-refractivity contribution in [3.05, 3.63) is 76.0 Å². The average Bonchev–Trinajstić information content (AvgIpc) is 3.30. The molecule has 3 aromatic rings. The van der Waals surface area contributed by atoms with Crippen molar-refractivity contribution in [1.82, 2.24) is 9.62 Å². The van der Waals surface area contributed by atoms with Crippen LogP contribution in [0, 0.1) is 0 Å². The fourth-order valence-corrected chi connectivity index (χ4v) is 6.39. The number of sulfonamides is 1. The molecule has 0 atom stereocenters. The van der Waals surface area contributed by atoms with Crippen LogP contribution in [0.3, 0.4) is 0 Å². The first kappa shape index (κ1) is 23.0. The van der Waals surface area contributed by atoms with E-state index >= 15 is 0 Å². The molecule has 0 radical (unpaired) electrons. The average molecular weight is 485 g/mol. The van der Waals surface area contributed by atoms with Crippen molar-refractivity contribution in [1.29, 1.82) is 0 Å². The lowest BCUT2D eigenvalue weighted by Gasteiger charge is -2.28.